The number of hydrogen-bond acceptors (Lipinski definition) is 15. The van der Waals surface area contributed by atoms with Crippen molar-refractivity contribution >= 4 is 131 Å². The van der Waals surface area contributed by atoms with Crippen LogP contribution in [0.1, 0.15) is 174 Å². The van der Waals surface area contributed by atoms with Crippen molar-refractivity contribution in [3.05, 3.63) is 183 Å². The molecule has 0 aliphatic carbocycles. The van der Waals surface area contributed by atoms with Crippen molar-refractivity contribution in [2.24, 2.45) is 17.8 Å². The van der Waals surface area contributed by atoms with Crippen molar-refractivity contribution in [2.45, 2.75) is 207 Å². The summed E-state index contributed by atoms with van der Waals surface area (Å²) in [5, 5.41) is 34.7. The molecule has 3 aromatic carbocycles. The fourth-order valence-electron chi connectivity index (χ4n) is 14.8. The Labute approximate surface area is 723 Å². The van der Waals surface area contributed by atoms with E-state index in [9.17, 15) is 53.1 Å². The van der Waals surface area contributed by atoms with Crippen molar-refractivity contribution in [2.75, 3.05) is 60.9 Å². The molecule has 652 valence electrons. The summed E-state index contributed by atoms with van der Waals surface area (Å²) in [6.07, 6.45) is 19.2. The van der Waals surface area contributed by atoms with Crippen LogP contribution in [0.3, 0.4) is 0 Å². The average Bonchev–Trinajstić information content (AvgIpc) is 1.56. The Kier molecular flexibility index (Phi) is 39.1. The Morgan fingerprint density at radius 3 is 1.67 bits per heavy atom. The topological polar surface area (TPSA) is 327 Å². The van der Waals surface area contributed by atoms with Gasteiger partial charge in [-0.25, -0.2) is 4.79 Å². The number of carboxylic acids is 1. The Bertz CT molecular complexity index is 4320. The number of hydrogen-bond donors (Lipinski definition) is 10. The first kappa shape index (κ1) is 97.9. The number of rotatable bonds is 48. The van der Waals surface area contributed by atoms with Gasteiger partial charge >= 0.3 is 12.9 Å². The summed E-state index contributed by atoms with van der Waals surface area (Å²) in [4.78, 5) is 158. The third-order valence-electron chi connectivity index (χ3n) is 21.3. The normalized spacial score (nSPS) is 16.2. The minimum Gasteiger partial charge on any atom is -0.480 e. The number of likely N-dealkylation sites (tertiary alicyclic amines) is 1. The Hall–Kier alpha value is -9.20. The monoisotopic (exact) mass is 1730 g/mol. The Balaban J connectivity index is 1.07. The highest BCUT2D eigenvalue weighted by Crippen LogP contribution is 2.49. The number of allylic oxidation sites excluding steroid dienone is 7. The molecular formula is C89H123BF2N12O12S4. The number of aromatic nitrogens is 1. The highest BCUT2D eigenvalue weighted by atomic mass is 32.2. The van der Waals surface area contributed by atoms with Gasteiger partial charge in [0, 0.05) is 60.6 Å². The van der Waals surface area contributed by atoms with E-state index in [1.165, 1.54) is 63.1 Å². The van der Waals surface area contributed by atoms with E-state index in [1.54, 1.807) is 65.8 Å². The molecule has 4 aromatic rings. The second-order valence-electron chi connectivity index (χ2n) is 32.3. The van der Waals surface area contributed by atoms with Gasteiger partial charge in [-0.3, -0.25) is 47.9 Å². The SMILES string of the molecule is CSCC[C@H](NC(=O)[C@@H](NC(=O)[C@@H](NC(=O)[C@H](CSC/C=C(\C)CC/C=C(\C)CCC=C(C)C)NC(=O)[C@@H]1CCCN1C(=O)[C@H](CC(C)C)NC(=O)CNC(=O)[C@H](CCSC)NC(=O)[C@H](CSC(c1ccccc1)(c1ccccc1)c1ccccc1)NC(=O)CNC(=O)CCC1=[N+]2C(=Cc3c(C)cc(C)n3[B-]2(F)F)C=C1)C(C)C)C(C)C)C(=O)O. The third-order valence-corrected chi connectivity index (χ3v) is 25.2. The molecule has 10 N–H and O–H groups in total. The summed E-state index contributed by atoms with van der Waals surface area (Å²) >= 11 is 5.56. The molecule has 1 aromatic heterocycles. The number of nitrogens with one attached hydrogen (secondary N) is 9. The lowest BCUT2D eigenvalue weighted by Crippen LogP contribution is -2.61. The van der Waals surface area contributed by atoms with Crippen molar-refractivity contribution in [1.82, 2.24) is 57.2 Å². The zero-order valence-electron chi connectivity index (χ0n) is 71.7. The zero-order valence-corrected chi connectivity index (χ0v) is 75.0. The van der Waals surface area contributed by atoms with Crippen LogP contribution >= 0.6 is 47.0 Å². The Morgan fingerprint density at radius 1 is 0.592 bits per heavy atom. The molecule has 10 amide bonds. The fourth-order valence-corrected chi connectivity index (χ4v) is 18.3. The predicted octanol–water partition coefficient (Wildman–Crippen LogP) is 10.9. The van der Waals surface area contributed by atoms with Gasteiger partial charge in [-0.2, -0.15) is 35.3 Å². The number of carboxylic acid groups (broad SMARTS) is 1. The van der Waals surface area contributed by atoms with Gasteiger partial charge in [0.2, 0.25) is 59.1 Å². The van der Waals surface area contributed by atoms with Gasteiger partial charge in [0.05, 0.1) is 17.8 Å². The molecule has 3 aliphatic heterocycles. The number of aryl methyl sites for hydroxylation is 2. The largest absolute Gasteiger partial charge is 0.737 e. The van der Waals surface area contributed by atoms with Gasteiger partial charge in [-0.05, 0) is 175 Å². The molecule has 1 saturated heterocycles. The summed E-state index contributed by atoms with van der Waals surface area (Å²) in [5.74, 6) is -8.19. The van der Waals surface area contributed by atoms with E-state index in [-0.39, 0.29) is 68.2 Å². The maximum absolute atomic E-state index is 16.3. The number of halogens is 2. The molecule has 4 heterocycles. The number of amides is 10. The van der Waals surface area contributed by atoms with Crippen molar-refractivity contribution in [3.63, 3.8) is 0 Å². The zero-order chi connectivity index (χ0) is 88.0. The standard InChI is InChI=1S/C89H123BF2N12O12S4/c1-56(2)27-24-28-60(9)29-25-30-61(10)42-48-119-54-72(83(110)100-80(59(7)8)86(113)101-79(58(5)6)85(112)98-70(88(115)116)44-47-118-14)99-84(111)74-37-26-45-102(74)87(114)71(49-57(3)4)95-78(107)53-94-81(108)69(43-46-117-13)97-82(109)73(55-120-89(64-31-18-15-19-32-64,65-33-20-16-21-34-65)66-35-22-17-23-36-66)96-77(106)52-93-76(105)41-40-67-38-39-68-51-75-62(11)50-63(12)103(75)90(91,92)104(67)68/h15-23,27,29,31-36,38-39,42,50-51,57-59,69-74,79-80H,24-26,28,30,37,40-41,43-49,52-55H2,1-14H3,(H,93,105)(H,94,108)(H,95,107)(H,96,106)(H,97,109)(H,98,112)(H,99,111)(H,100,110)(H,101,113)(H,115,116)/b60-29+,61-42+/t69-,70-,71-,72-,73-,74-,79-,80-/m0/s1. The van der Waals surface area contributed by atoms with E-state index in [0.717, 1.165) is 56.9 Å². The van der Waals surface area contributed by atoms with Crippen molar-refractivity contribution in [1.29, 1.82) is 0 Å². The van der Waals surface area contributed by atoms with Crippen LogP contribution in [-0.4, -0.2) is 206 Å². The summed E-state index contributed by atoms with van der Waals surface area (Å²) in [6.45, 7) is 16.8. The van der Waals surface area contributed by atoms with Gasteiger partial charge in [0.15, 0.2) is 5.70 Å². The van der Waals surface area contributed by atoms with Gasteiger partial charge in [-0.1, -0.05) is 167 Å². The van der Waals surface area contributed by atoms with E-state index >= 15 is 13.4 Å². The number of carbonyl (C=O) groups is 11. The van der Waals surface area contributed by atoms with E-state index in [2.05, 4.69) is 86.9 Å². The lowest BCUT2D eigenvalue weighted by molar-refractivity contribution is -0.362. The van der Waals surface area contributed by atoms with Crippen molar-refractivity contribution < 1.29 is 71.0 Å². The van der Waals surface area contributed by atoms with Crippen LogP contribution < -0.4 is 47.9 Å². The molecule has 8 atom stereocenters. The van der Waals surface area contributed by atoms with E-state index in [0.29, 0.717) is 46.3 Å². The predicted molar refractivity (Wildman–Crippen MR) is 480 cm³/mol. The van der Waals surface area contributed by atoms with Crippen LogP contribution in [-0.2, 0) is 57.5 Å². The molecule has 7 rings (SSSR count). The summed E-state index contributed by atoms with van der Waals surface area (Å²) in [5.41, 5.74) is 8.33. The van der Waals surface area contributed by atoms with Crippen LogP contribution in [0, 0.1) is 31.6 Å². The summed E-state index contributed by atoms with van der Waals surface area (Å²) in [7, 11) is 0. The minimum atomic E-state index is -4.29. The van der Waals surface area contributed by atoms with Crippen LogP contribution in [0.4, 0.5) is 8.63 Å². The molecule has 120 heavy (non-hydrogen) atoms. The molecule has 0 unspecified atom stereocenters. The lowest BCUT2D eigenvalue weighted by atomic mass is 9.84. The van der Waals surface area contributed by atoms with Crippen LogP contribution in [0.15, 0.2) is 150 Å². The first-order valence-corrected chi connectivity index (χ1v) is 46.3. The lowest BCUT2D eigenvalue weighted by Gasteiger charge is -2.36. The maximum atomic E-state index is 16.3. The molecule has 1 fully saturated rings. The third kappa shape index (κ3) is 28.2. The smallest absolute Gasteiger partial charge is 0.480 e. The van der Waals surface area contributed by atoms with Crippen molar-refractivity contribution in [3.8, 4) is 0 Å². The fraction of sp³-hybridized carbons (Fsp3) is 0.506. The average molecular weight is 1730 g/mol. The van der Waals surface area contributed by atoms with E-state index < -0.39 is 150 Å². The first-order chi connectivity index (χ1) is 57.1. The summed E-state index contributed by atoms with van der Waals surface area (Å²) < 4.78 is 33.6. The second-order valence-corrected chi connectivity index (χ2v) is 36.5. The highest BCUT2D eigenvalue weighted by molar-refractivity contribution is 8.00. The van der Waals surface area contributed by atoms with Gasteiger partial charge in [0.1, 0.15) is 54.0 Å². The molecule has 0 bridgehead atoms. The molecule has 24 nitrogen and oxygen atoms in total. The second kappa shape index (κ2) is 47.9. The quantitative estimate of drug-likeness (QED) is 0.00850. The minimum absolute atomic E-state index is 0.0445. The van der Waals surface area contributed by atoms with Crippen LogP contribution in [0.5, 0.6) is 0 Å². The number of nitrogens with zero attached hydrogens (tertiary/aromatic N) is 3. The number of carbonyl (C=O) groups excluding carboxylic acids is 10. The van der Waals surface area contributed by atoms with Crippen LogP contribution in [0.2, 0.25) is 0 Å². The molecule has 3 aliphatic rings. The maximum Gasteiger partial charge on any atom is 0.737 e. The van der Waals surface area contributed by atoms with Gasteiger partial charge in [0.25, 0.3) is 0 Å². The number of benzene rings is 3. The number of aliphatic carboxylic acids is 1. The van der Waals surface area contributed by atoms with E-state index in [1.807, 2.05) is 124 Å². The molecule has 31 heteroatoms. The van der Waals surface area contributed by atoms with Gasteiger partial charge < -0.3 is 75.5 Å². The molecular weight excluding hydrogens is 1610 g/mol. The summed E-state index contributed by atoms with van der Waals surface area (Å²) in [6, 6.07) is 20.9. The molecule has 0 radical (unpaired) electrons. The van der Waals surface area contributed by atoms with Gasteiger partial charge in [-0.15, -0.1) is 11.8 Å². The number of fused-ring (bicyclic) bond motifs is 2. The molecule has 0 saturated carbocycles. The van der Waals surface area contributed by atoms with Crippen LogP contribution in [0.25, 0.3) is 6.08 Å². The number of thioether (sulfide) groups is 4. The Morgan fingerprint density at radius 2 is 1.11 bits per heavy atom. The highest BCUT2D eigenvalue weighted by Gasteiger charge is 2.53. The first-order valence-electron chi connectivity index (χ1n) is 41.4. The van der Waals surface area contributed by atoms with E-state index in [4.69, 9.17) is 0 Å². The molecule has 0 spiro atoms.